The van der Waals surface area contributed by atoms with Gasteiger partial charge in [0.25, 0.3) is 17.7 Å². The fourth-order valence-corrected chi connectivity index (χ4v) is 15.5. The Morgan fingerprint density at radius 2 is 0.675 bits per heavy atom. The maximum atomic E-state index is 14.4. The number of piperazine rings is 3. The summed E-state index contributed by atoms with van der Waals surface area (Å²) in [6.45, 7) is 25.5. The molecule has 8 amide bonds. The largest absolute Gasteiger partial charge is 0.457 e. The highest BCUT2D eigenvalue weighted by Crippen LogP contribution is 2.41. The van der Waals surface area contributed by atoms with Crippen LogP contribution in [0.15, 0.2) is 218 Å². The van der Waals surface area contributed by atoms with Crippen molar-refractivity contribution in [3.63, 3.8) is 0 Å². The number of nitrogens with one attached hydrogen (secondary N) is 1. The monoisotopic (exact) mass is 1810 g/mol. The topological polar surface area (TPSA) is 221 Å². The first kappa shape index (κ1) is 98.4. The third-order valence-electron chi connectivity index (χ3n) is 21.2. The Balaban J connectivity index is 0.000000214. The number of para-hydroxylation sites is 3. The van der Waals surface area contributed by atoms with E-state index in [-0.39, 0.29) is 105 Å². The van der Waals surface area contributed by atoms with Gasteiger partial charge in [-0.05, 0) is 242 Å². The molecule has 3 fully saturated rings. The van der Waals surface area contributed by atoms with E-state index in [2.05, 4.69) is 12.2 Å². The summed E-state index contributed by atoms with van der Waals surface area (Å²) < 4.78 is 71.0. The number of benzene rings is 9. The maximum absolute atomic E-state index is 14.4. The second-order valence-corrected chi connectivity index (χ2v) is 33.3. The zero-order chi connectivity index (χ0) is 90.4. The zero-order valence-corrected chi connectivity index (χ0v) is 76.0. The normalized spacial score (nSPS) is 15.8. The molecule has 0 radical (unpaired) electrons. The molecule has 3 aliphatic rings. The van der Waals surface area contributed by atoms with Crippen LogP contribution in [0.25, 0.3) is 0 Å². The van der Waals surface area contributed by atoms with Gasteiger partial charge in [0.05, 0.1) is 12.1 Å². The molecular formula is C97H110Cl4F3N9O13. The number of amides is 8. The Labute approximate surface area is 757 Å². The van der Waals surface area contributed by atoms with Crippen molar-refractivity contribution in [1.29, 1.82) is 0 Å². The summed E-state index contributed by atoms with van der Waals surface area (Å²) in [6.07, 6.45) is 1.20. The summed E-state index contributed by atoms with van der Waals surface area (Å²) in [5.74, 6) is -1.06. The van der Waals surface area contributed by atoms with Crippen LogP contribution in [0, 0.1) is 38.2 Å². The lowest BCUT2D eigenvalue weighted by Gasteiger charge is -2.43. The Kier molecular flexibility index (Phi) is 35.7. The lowest BCUT2D eigenvalue weighted by Crippen LogP contribution is -2.59. The highest BCUT2D eigenvalue weighted by Gasteiger charge is 2.44. The number of rotatable bonds is 24. The fraction of sp³-hybridized carbons (Fsp3) is 0.361. The van der Waals surface area contributed by atoms with E-state index < -0.39 is 76.7 Å². The second-order valence-electron chi connectivity index (χ2n) is 32.5. The SMILES string of the molecule is CC[C@@H]1CN(C(=O)[C@@H](c2ccc(F)cc2)N(C(=O)CCl)c2ccc(Oc3ccccc3)cc2C)CCN1C(=O)OC(C)(C)C.CC[C@@H]1CN(C(=O)[C@H](c2ccc(F)cc2)N(C(=O)CCl)c2ccc(Oc3ccccc3)cc2C)CCN1C(=O)OC(C)(C)C.CC[C@H]1CN(C(=O)[C@@H](c2ccc(F)cc2)N(C(=O)CCl)c2ccc(Oc3ccccc3)cc2C)CCN1.Cl. The van der Waals surface area contributed by atoms with Crippen molar-refractivity contribution < 1.29 is 75.2 Å². The van der Waals surface area contributed by atoms with E-state index in [0.29, 0.717) is 112 Å². The van der Waals surface area contributed by atoms with Gasteiger partial charge in [0.1, 0.15) is 98.9 Å². The van der Waals surface area contributed by atoms with Crippen molar-refractivity contribution in [2.75, 3.05) is 91.2 Å². The van der Waals surface area contributed by atoms with Crippen molar-refractivity contribution in [2.45, 2.75) is 150 Å². The van der Waals surface area contributed by atoms with E-state index in [1.807, 2.05) is 173 Å². The average molecular weight is 1810 g/mol. The number of nitrogens with zero attached hydrogens (tertiary/aromatic N) is 8. The Bertz CT molecular complexity index is 4940. The van der Waals surface area contributed by atoms with Crippen molar-refractivity contribution in [2.24, 2.45) is 0 Å². The van der Waals surface area contributed by atoms with Gasteiger partial charge in [0.2, 0.25) is 17.7 Å². The number of hydrogen-bond donors (Lipinski definition) is 1. The van der Waals surface area contributed by atoms with E-state index in [9.17, 15) is 51.5 Å². The van der Waals surface area contributed by atoms with Crippen molar-refractivity contribution in [1.82, 2.24) is 29.8 Å². The molecule has 0 saturated carbocycles. The molecule has 1 N–H and O–H groups in total. The predicted molar refractivity (Wildman–Crippen MR) is 488 cm³/mol. The van der Waals surface area contributed by atoms with E-state index in [4.69, 9.17) is 58.5 Å². The molecular weight excluding hydrogens is 1700 g/mol. The standard InChI is InChI=1S/2C34H39ClFN3O5.C29H31ClFN3O3.ClH/c2*1-6-26-22-37(18-19-38(26)33(42)44-34(3,4)5)32(41)31(24-12-14-25(36)15-13-24)39(30(40)21-35)29-17-16-28(20-23(29)2)43-27-10-8-7-9-11-27;1-3-23-19-33(16-15-32-23)29(36)28(21-9-11-22(31)12-10-21)34(27(35)18-30)26-14-13-25(17-20(26)2)37-24-7-5-4-6-8-24;/h2*7-17,20,26,31H,6,18-19,21-22H2,1-5H3;4-14,17,23,28,32H,3,15-16,18-19H2,1-2H3;1H/t26-,31+;26-,31-;23-,28+;/m110./s1. The van der Waals surface area contributed by atoms with Gasteiger partial charge in [0, 0.05) is 82.0 Å². The number of anilines is 3. The van der Waals surface area contributed by atoms with Gasteiger partial charge in [0.15, 0.2) is 0 Å². The Morgan fingerprint density at radius 3 is 0.929 bits per heavy atom. The molecule has 6 atom stereocenters. The molecule has 12 rings (SSSR count). The summed E-state index contributed by atoms with van der Waals surface area (Å²) in [7, 11) is 0. The summed E-state index contributed by atoms with van der Waals surface area (Å²) in [5, 5.41) is 3.41. The van der Waals surface area contributed by atoms with Crippen LogP contribution in [-0.4, -0.2) is 178 Å². The molecule has 0 unspecified atom stereocenters. The zero-order valence-electron chi connectivity index (χ0n) is 72.9. The van der Waals surface area contributed by atoms with Crippen LogP contribution in [0.1, 0.15) is 133 Å². The maximum Gasteiger partial charge on any atom is 0.410 e. The molecule has 3 heterocycles. The molecule has 0 aliphatic carbocycles. The first-order chi connectivity index (χ1) is 59.7. The van der Waals surface area contributed by atoms with Crippen LogP contribution in [0.3, 0.4) is 0 Å². The molecule has 0 spiro atoms. The lowest BCUT2D eigenvalue weighted by atomic mass is 9.99. The summed E-state index contributed by atoms with van der Waals surface area (Å²) in [5.41, 5.74) is 3.64. The van der Waals surface area contributed by atoms with Crippen molar-refractivity contribution in [3.05, 3.63) is 269 Å². The molecule has 9 aromatic carbocycles. The van der Waals surface area contributed by atoms with Gasteiger partial charge >= 0.3 is 12.2 Å². The first-order valence-corrected chi connectivity index (χ1v) is 43.3. The minimum absolute atomic E-state index is 0. The predicted octanol–water partition coefficient (Wildman–Crippen LogP) is 20.1. The Morgan fingerprint density at radius 1 is 0.389 bits per heavy atom. The highest BCUT2D eigenvalue weighted by atomic mass is 35.5. The van der Waals surface area contributed by atoms with Crippen LogP contribution in [0.4, 0.5) is 39.8 Å². The first-order valence-electron chi connectivity index (χ1n) is 41.7. The van der Waals surface area contributed by atoms with E-state index in [0.717, 1.165) is 12.0 Å². The number of carbonyl (C=O) groups excluding carboxylic acids is 8. The average Bonchev–Trinajstić information content (AvgIpc) is 0.780. The minimum atomic E-state index is -1.13. The minimum Gasteiger partial charge on any atom is -0.457 e. The number of hydrogen-bond acceptors (Lipinski definition) is 14. The lowest BCUT2D eigenvalue weighted by molar-refractivity contribution is -0.137. The molecule has 0 aromatic heterocycles. The van der Waals surface area contributed by atoms with Crippen molar-refractivity contribution in [3.8, 4) is 34.5 Å². The molecule has 29 heteroatoms. The van der Waals surface area contributed by atoms with Gasteiger partial charge in [-0.25, -0.2) is 22.8 Å². The van der Waals surface area contributed by atoms with Crippen LogP contribution >= 0.6 is 47.2 Å². The number of aryl methyl sites for hydroxylation is 3. The molecule has 9 aromatic rings. The quantitative estimate of drug-likeness (QED) is 0.0556. The van der Waals surface area contributed by atoms with Crippen molar-refractivity contribution >= 4 is 112 Å². The van der Waals surface area contributed by atoms with Gasteiger partial charge in [-0.2, -0.15) is 0 Å². The molecule has 126 heavy (non-hydrogen) atoms. The molecule has 3 saturated heterocycles. The number of carbonyl (C=O) groups is 8. The van der Waals surface area contributed by atoms with Gasteiger partial charge in [-0.3, -0.25) is 43.5 Å². The van der Waals surface area contributed by atoms with Gasteiger partial charge in [-0.15, -0.1) is 47.2 Å². The molecule has 3 aliphatic heterocycles. The molecule has 670 valence electrons. The van der Waals surface area contributed by atoms with Gasteiger partial charge < -0.3 is 53.5 Å². The van der Waals surface area contributed by atoms with Crippen LogP contribution in [0.2, 0.25) is 0 Å². The Hall–Kier alpha value is -11.4. The van der Waals surface area contributed by atoms with E-state index >= 15 is 0 Å². The fourth-order valence-electron chi connectivity index (χ4n) is 15.1. The van der Waals surface area contributed by atoms with E-state index in [1.54, 1.807) is 85.2 Å². The molecule has 0 bridgehead atoms. The van der Waals surface area contributed by atoms with Crippen LogP contribution in [0.5, 0.6) is 34.5 Å². The van der Waals surface area contributed by atoms with E-state index in [1.165, 1.54) is 75.4 Å². The third kappa shape index (κ3) is 26.2. The summed E-state index contributed by atoms with van der Waals surface area (Å²) in [4.78, 5) is 122. The van der Waals surface area contributed by atoms with Crippen LogP contribution in [-0.2, 0) is 38.2 Å². The third-order valence-corrected chi connectivity index (χ3v) is 21.9. The highest BCUT2D eigenvalue weighted by molar-refractivity contribution is 6.31. The smallest absolute Gasteiger partial charge is 0.410 e. The summed E-state index contributed by atoms with van der Waals surface area (Å²) in [6, 6.07) is 56.9. The number of ether oxygens (including phenoxy) is 5. The number of alkyl halides is 3. The van der Waals surface area contributed by atoms with Gasteiger partial charge in [-0.1, -0.05) is 112 Å². The summed E-state index contributed by atoms with van der Waals surface area (Å²) >= 11 is 18.3. The van der Waals surface area contributed by atoms with Crippen LogP contribution < -0.4 is 34.2 Å². The molecule has 22 nitrogen and oxygen atoms in total. The number of halogens is 7. The second kappa shape index (κ2) is 45.7.